The molecule has 9 rings (SSSR count). The SMILES string of the molecule is CN(C)CCCNC(=O)CNC(=O)Cn1cc2cc1C(=O)NCCCC(=O)Nc1cn(C)c(n1)C(=O)Nc1cc(n(C)c1)C(=O)Nc1cn(C)c(n1)C(=O)Nc1cc(n(C)c1)C(=O)NCCCC(=O)Nc1cn(C)c(n1)C(=O)Nc1cc(n(C)c1)C(=O)Nc1cn(C)c(n1)C(=O)N2. The number of hydrogen-bond donors (Lipinski definition) is 12. The second kappa shape index (κ2) is 30.1. The minimum Gasteiger partial charge on any atom is -0.355 e. The predicted octanol–water partition coefficient (Wildman–Crippen LogP) is 0.746. The summed E-state index contributed by atoms with van der Waals surface area (Å²) in [6.45, 7) is 0.354. The van der Waals surface area contributed by atoms with Gasteiger partial charge >= 0.3 is 0 Å². The van der Waals surface area contributed by atoms with E-state index in [0.717, 1.165) is 6.54 Å². The Morgan fingerprint density at radius 1 is 0.412 bits per heavy atom. The lowest BCUT2D eigenvalue weighted by molar-refractivity contribution is -0.126. The van der Waals surface area contributed by atoms with Gasteiger partial charge in [0.25, 0.3) is 47.3 Å². The molecule has 97 heavy (non-hydrogen) atoms. The zero-order valence-corrected chi connectivity index (χ0v) is 54.4. The van der Waals surface area contributed by atoms with Crippen molar-refractivity contribution in [3.05, 3.63) is 120 Å². The van der Waals surface area contributed by atoms with Crippen molar-refractivity contribution in [3.63, 3.8) is 0 Å². The van der Waals surface area contributed by atoms with Gasteiger partial charge in [-0.2, -0.15) is 0 Å². The summed E-state index contributed by atoms with van der Waals surface area (Å²) >= 11 is 0. The zero-order chi connectivity index (χ0) is 69.9. The predicted molar refractivity (Wildman–Crippen MR) is 351 cm³/mol. The maximum atomic E-state index is 13.8. The van der Waals surface area contributed by atoms with Crippen LogP contribution in [0.3, 0.4) is 0 Å². The first-order valence-corrected chi connectivity index (χ1v) is 30.2. The molecule has 1 aliphatic heterocycles. The number of nitrogens with one attached hydrogen (secondary N) is 12. The van der Waals surface area contributed by atoms with E-state index in [1.807, 2.05) is 19.0 Å². The summed E-state index contributed by atoms with van der Waals surface area (Å²) in [5.41, 5.74) is 1.02. The fourth-order valence-corrected chi connectivity index (χ4v) is 10.1. The fourth-order valence-electron chi connectivity index (χ4n) is 10.1. The van der Waals surface area contributed by atoms with Crippen LogP contribution in [0.15, 0.2) is 73.8 Å². The van der Waals surface area contributed by atoms with Gasteiger partial charge < -0.3 is 105 Å². The maximum absolute atomic E-state index is 13.8. The van der Waals surface area contributed by atoms with E-state index in [2.05, 4.69) is 83.7 Å². The van der Waals surface area contributed by atoms with Crippen LogP contribution in [0.4, 0.5) is 46.0 Å². The summed E-state index contributed by atoms with van der Waals surface area (Å²) in [5.74, 6) is -7.67. The molecule has 8 aromatic heterocycles. The lowest BCUT2D eigenvalue weighted by Crippen LogP contribution is -2.39. The summed E-state index contributed by atoms with van der Waals surface area (Å²) in [5, 5.41) is 32.1. The molecule has 0 aromatic carbocycles. The first-order valence-electron chi connectivity index (χ1n) is 30.2. The topological polar surface area (TPSA) is 443 Å². The highest BCUT2D eigenvalue weighted by Gasteiger charge is 2.26. The van der Waals surface area contributed by atoms with Crippen LogP contribution in [-0.2, 0) is 75.1 Å². The third-order valence-electron chi connectivity index (χ3n) is 14.8. The van der Waals surface area contributed by atoms with Gasteiger partial charge in [-0.15, -0.1) is 0 Å². The number of aromatic nitrogens is 12. The van der Waals surface area contributed by atoms with Crippen molar-refractivity contribution in [2.45, 2.75) is 38.6 Å². The summed E-state index contributed by atoms with van der Waals surface area (Å²) in [4.78, 5) is 180. The second-order valence-electron chi connectivity index (χ2n) is 23.0. The summed E-state index contributed by atoms with van der Waals surface area (Å²) < 4.78 is 11.2. The van der Waals surface area contributed by atoms with Crippen molar-refractivity contribution in [3.8, 4) is 0 Å². The standard InChI is InChI=1S/C60H73N25O12/c1-77(2)18-12-17-61-47(88)23-64-48(89)32-85-27-36-22-40(85)54(91)63-16-11-14-46(87)70-42-29-82(7)50(72-42)58(95)66-34-20-38(79(4)25-34)55(92)75-43-30-83(8)51(73-43)59(96)65-33-19-37(78(3)24-33)53(90)62-15-10-13-45(86)69-41-28-81(6)49(71-41)57(94)67-35-21-39(80(5)26-35)56(93)76-44-31-84(9)52(74-44)60(97)68-36/h19-22,24-31H,10-18,23,32H2,1-9H3,(H,61,88)(H,62,90)(H,63,91)(H,64,89)(H,65,96)(H,66,95)(H,67,94)(H,68,97)(H,69,86)(H,70,87)(H,75,92)(H,76,93). The van der Waals surface area contributed by atoms with E-state index in [1.54, 1.807) is 35.2 Å². The molecular weight excluding hydrogens is 1260 g/mol. The third-order valence-corrected chi connectivity index (χ3v) is 14.8. The summed E-state index contributed by atoms with van der Waals surface area (Å²) in [6, 6.07) is 5.56. The third kappa shape index (κ3) is 17.6. The Balaban J connectivity index is 0.896. The van der Waals surface area contributed by atoms with Crippen LogP contribution in [0.5, 0.6) is 0 Å². The number of anilines is 8. The van der Waals surface area contributed by atoms with Crippen LogP contribution in [0, 0.1) is 0 Å². The quantitative estimate of drug-likeness (QED) is 0.0934. The Morgan fingerprint density at radius 2 is 0.763 bits per heavy atom. The van der Waals surface area contributed by atoms with E-state index in [9.17, 15) is 57.5 Å². The normalized spacial score (nSPS) is 14.6. The van der Waals surface area contributed by atoms with Crippen molar-refractivity contribution in [2.75, 3.05) is 89.4 Å². The van der Waals surface area contributed by atoms with Crippen molar-refractivity contribution in [2.24, 2.45) is 49.3 Å². The van der Waals surface area contributed by atoms with Crippen molar-refractivity contribution >= 4 is 117 Å². The largest absolute Gasteiger partial charge is 0.355 e. The molecule has 0 radical (unpaired) electrons. The number of amides is 12. The molecule has 0 atom stereocenters. The monoisotopic (exact) mass is 1340 g/mol. The van der Waals surface area contributed by atoms with Crippen LogP contribution < -0.4 is 63.8 Å². The van der Waals surface area contributed by atoms with Gasteiger partial charge in [-0.05, 0) is 64.2 Å². The minimum atomic E-state index is -0.778. The minimum absolute atomic E-state index is 0.0235. The van der Waals surface area contributed by atoms with Crippen LogP contribution >= 0.6 is 0 Å². The van der Waals surface area contributed by atoms with E-state index in [1.165, 1.54) is 124 Å². The Morgan fingerprint density at radius 3 is 1.15 bits per heavy atom. The van der Waals surface area contributed by atoms with E-state index in [4.69, 9.17) is 0 Å². The molecule has 12 amide bonds. The van der Waals surface area contributed by atoms with Crippen molar-refractivity contribution < 1.29 is 57.5 Å². The molecular formula is C60H73N25O12. The highest BCUT2D eigenvalue weighted by molar-refractivity contribution is 6.09. The van der Waals surface area contributed by atoms with Crippen LogP contribution in [-0.4, -0.2) is 179 Å². The first kappa shape index (κ1) is 68.9. The molecule has 0 spiro atoms. The molecule has 510 valence electrons. The molecule has 1 aliphatic rings. The number of aryl methyl sites for hydroxylation is 7. The highest BCUT2D eigenvalue weighted by atomic mass is 16.2. The van der Waals surface area contributed by atoms with Crippen molar-refractivity contribution in [1.29, 1.82) is 0 Å². The lowest BCUT2D eigenvalue weighted by Gasteiger charge is -2.11. The van der Waals surface area contributed by atoms with Gasteiger partial charge in [0.1, 0.15) is 29.3 Å². The van der Waals surface area contributed by atoms with E-state index in [0.29, 0.717) is 13.0 Å². The Bertz CT molecular complexity index is 4410. The van der Waals surface area contributed by atoms with Crippen LogP contribution in [0.1, 0.15) is 117 Å². The molecule has 0 aliphatic carbocycles. The molecule has 12 N–H and O–H groups in total. The van der Waals surface area contributed by atoms with E-state index >= 15 is 0 Å². The maximum Gasteiger partial charge on any atom is 0.291 e. The molecule has 0 fully saturated rings. The average Bonchev–Trinajstić information content (AvgIpc) is 1.69. The molecule has 0 saturated carbocycles. The molecule has 0 saturated heterocycles. The van der Waals surface area contributed by atoms with E-state index < -0.39 is 77.4 Å². The van der Waals surface area contributed by atoms with Crippen molar-refractivity contribution in [1.82, 2.24) is 82.6 Å². The fraction of sp³-hybridized carbons (Fsp3) is 0.333. The van der Waals surface area contributed by atoms with Gasteiger partial charge in [0.2, 0.25) is 46.9 Å². The number of fused-ring (bicyclic) bond motifs is 16. The molecule has 0 unspecified atom stereocenters. The van der Waals surface area contributed by atoms with Crippen LogP contribution in [0.25, 0.3) is 0 Å². The smallest absolute Gasteiger partial charge is 0.291 e. The van der Waals surface area contributed by atoms with Gasteiger partial charge in [-0.1, -0.05) is 0 Å². The molecule has 37 heteroatoms. The number of hydrogen-bond acceptors (Lipinski definition) is 17. The highest BCUT2D eigenvalue weighted by Crippen LogP contribution is 2.23. The van der Waals surface area contributed by atoms with Gasteiger partial charge in [-0.3, -0.25) is 57.5 Å². The Labute approximate surface area is 552 Å². The average molecular weight is 1340 g/mol. The first-order chi connectivity index (χ1) is 46.1. The Hall–Kier alpha value is -12.4. The van der Waals surface area contributed by atoms with E-state index in [-0.39, 0.29) is 137 Å². The number of rotatable bonds is 8. The number of nitrogens with zero attached hydrogens (tertiary/aromatic N) is 13. The summed E-state index contributed by atoms with van der Waals surface area (Å²) in [7, 11) is 14.7. The van der Waals surface area contributed by atoms with Gasteiger partial charge in [0.05, 0.1) is 29.3 Å². The molecule has 37 nitrogen and oxygen atoms in total. The van der Waals surface area contributed by atoms with Gasteiger partial charge in [0.15, 0.2) is 23.3 Å². The molecule has 8 aromatic rings. The molecule has 16 bridgehead atoms. The Kier molecular flexibility index (Phi) is 21.4. The lowest BCUT2D eigenvalue weighted by atomic mass is 10.3. The summed E-state index contributed by atoms with van der Waals surface area (Å²) in [6.07, 6.45) is 12.3. The van der Waals surface area contributed by atoms with Crippen LogP contribution in [0.2, 0.25) is 0 Å². The van der Waals surface area contributed by atoms with Gasteiger partial charge in [-0.25, -0.2) is 19.9 Å². The molecule has 9 heterocycles. The second-order valence-corrected chi connectivity index (χ2v) is 23.0. The van der Waals surface area contributed by atoms with Gasteiger partial charge in [0, 0.05) is 131 Å². The number of carbonyl (C=O) groups excluding carboxylic acids is 12. The number of imidazole rings is 4. The number of carbonyl (C=O) groups is 12. The zero-order valence-electron chi connectivity index (χ0n) is 54.4.